The van der Waals surface area contributed by atoms with Gasteiger partial charge in [0.2, 0.25) is 0 Å². The van der Waals surface area contributed by atoms with Crippen LogP contribution < -0.4 is 10.1 Å². The van der Waals surface area contributed by atoms with Crippen LogP contribution in [0.5, 0.6) is 5.75 Å². The minimum atomic E-state index is -4.35. The molecule has 0 fully saturated rings. The highest BCUT2D eigenvalue weighted by atomic mass is 19.4. The highest BCUT2D eigenvalue weighted by Crippen LogP contribution is 2.31. The van der Waals surface area contributed by atoms with E-state index in [0.29, 0.717) is 19.8 Å². The summed E-state index contributed by atoms with van der Waals surface area (Å²) in [5, 5.41) is 3.18. The molecule has 0 saturated carbocycles. The van der Waals surface area contributed by atoms with Crippen LogP contribution in [0.2, 0.25) is 0 Å². The molecule has 0 spiro atoms. The summed E-state index contributed by atoms with van der Waals surface area (Å²) in [6.07, 6.45) is -3.66. The first-order chi connectivity index (χ1) is 9.93. The van der Waals surface area contributed by atoms with Crippen LogP contribution in [0.25, 0.3) is 0 Å². The largest absolute Gasteiger partial charge is 0.489 e. The molecule has 1 atom stereocenters. The summed E-state index contributed by atoms with van der Waals surface area (Å²) in [7, 11) is 0. The van der Waals surface area contributed by atoms with Gasteiger partial charge in [-0.2, -0.15) is 13.2 Å². The third-order valence-electron chi connectivity index (χ3n) is 2.78. The second kappa shape index (κ2) is 8.89. The van der Waals surface area contributed by atoms with Crippen LogP contribution in [0.15, 0.2) is 24.3 Å². The van der Waals surface area contributed by atoms with Crippen molar-refractivity contribution in [1.29, 1.82) is 0 Å². The van der Waals surface area contributed by atoms with E-state index in [9.17, 15) is 13.2 Å². The second-order valence-corrected chi connectivity index (χ2v) is 4.71. The Morgan fingerprint density at radius 1 is 1.29 bits per heavy atom. The van der Waals surface area contributed by atoms with Gasteiger partial charge in [0.05, 0.1) is 5.56 Å². The number of halogens is 3. The molecule has 0 radical (unpaired) electrons. The fourth-order valence-corrected chi connectivity index (χ4v) is 1.77. The average Bonchev–Trinajstić information content (AvgIpc) is 2.42. The number of rotatable bonds is 9. The van der Waals surface area contributed by atoms with E-state index in [4.69, 9.17) is 9.47 Å². The van der Waals surface area contributed by atoms with Crippen LogP contribution in [0.4, 0.5) is 13.2 Å². The predicted octanol–water partition coefficient (Wildman–Crippen LogP) is 3.49. The van der Waals surface area contributed by atoms with Gasteiger partial charge in [-0.3, -0.25) is 0 Å². The van der Waals surface area contributed by atoms with Gasteiger partial charge in [-0.25, -0.2) is 0 Å². The molecule has 21 heavy (non-hydrogen) atoms. The zero-order valence-corrected chi connectivity index (χ0v) is 12.4. The molecule has 0 bridgehead atoms. The lowest BCUT2D eigenvalue weighted by Gasteiger charge is -2.16. The lowest BCUT2D eigenvalue weighted by Crippen LogP contribution is -2.30. The first-order valence-electron chi connectivity index (χ1n) is 7.06. The van der Waals surface area contributed by atoms with Gasteiger partial charge in [-0.1, -0.05) is 6.07 Å². The SMILES string of the molecule is CCOCCCNCC(C)Oc1cccc(C(F)(F)F)c1. The number of hydrogen-bond acceptors (Lipinski definition) is 3. The zero-order valence-electron chi connectivity index (χ0n) is 12.4. The molecular formula is C15H22F3NO2. The maximum atomic E-state index is 12.6. The highest BCUT2D eigenvalue weighted by Gasteiger charge is 2.30. The molecular weight excluding hydrogens is 283 g/mol. The van der Waals surface area contributed by atoms with Crippen LogP contribution >= 0.6 is 0 Å². The van der Waals surface area contributed by atoms with E-state index in [2.05, 4.69) is 5.32 Å². The Kier molecular flexibility index (Phi) is 7.53. The molecule has 0 aliphatic carbocycles. The van der Waals surface area contributed by atoms with Gasteiger partial charge in [0.1, 0.15) is 11.9 Å². The molecule has 3 nitrogen and oxygen atoms in total. The third-order valence-corrected chi connectivity index (χ3v) is 2.78. The van der Waals surface area contributed by atoms with Gasteiger partial charge in [-0.05, 0) is 45.0 Å². The molecule has 6 heteroatoms. The van der Waals surface area contributed by atoms with E-state index in [-0.39, 0.29) is 11.9 Å². The summed E-state index contributed by atoms with van der Waals surface area (Å²) in [6, 6.07) is 4.93. The minimum absolute atomic E-state index is 0.208. The first-order valence-corrected chi connectivity index (χ1v) is 7.06. The van der Waals surface area contributed by atoms with Crippen molar-refractivity contribution in [3.63, 3.8) is 0 Å². The van der Waals surface area contributed by atoms with Gasteiger partial charge in [0.15, 0.2) is 0 Å². The summed E-state index contributed by atoms with van der Waals surface area (Å²) < 4.78 is 48.4. The molecule has 1 rings (SSSR count). The third kappa shape index (κ3) is 7.34. The molecule has 0 saturated heterocycles. The van der Waals surface area contributed by atoms with Crippen molar-refractivity contribution in [2.75, 3.05) is 26.3 Å². The van der Waals surface area contributed by atoms with Crippen molar-refractivity contribution in [3.05, 3.63) is 29.8 Å². The Balaban J connectivity index is 2.33. The van der Waals surface area contributed by atoms with Crippen molar-refractivity contribution in [2.45, 2.75) is 32.5 Å². The molecule has 0 aromatic heterocycles. The average molecular weight is 305 g/mol. The van der Waals surface area contributed by atoms with Gasteiger partial charge in [0.25, 0.3) is 0 Å². The van der Waals surface area contributed by atoms with Crippen LogP contribution in [-0.4, -0.2) is 32.4 Å². The van der Waals surface area contributed by atoms with Crippen molar-refractivity contribution in [3.8, 4) is 5.75 Å². The summed E-state index contributed by atoms with van der Waals surface area (Å²) >= 11 is 0. The Labute approximate surface area is 123 Å². The maximum Gasteiger partial charge on any atom is 0.416 e. The van der Waals surface area contributed by atoms with E-state index < -0.39 is 11.7 Å². The van der Waals surface area contributed by atoms with Crippen molar-refractivity contribution in [2.24, 2.45) is 0 Å². The van der Waals surface area contributed by atoms with Gasteiger partial charge in [-0.15, -0.1) is 0 Å². The van der Waals surface area contributed by atoms with Crippen LogP contribution in [0.1, 0.15) is 25.8 Å². The first kappa shape index (κ1) is 17.8. The normalized spacial score (nSPS) is 13.2. The topological polar surface area (TPSA) is 30.5 Å². The minimum Gasteiger partial charge on any atom is -0.489 e. The Bertz CT molecular complexity index is 410. The molecule has 1 aromatic carbocycles. The van der Waals surface area contributed by atoms with E-state index in [1.54, 1.807) is 0 Å². The number of benzene rings is 1. The monoisotopic (exact) mass is 305 g/mol. The maximum absolute atomic E-state index is 12.6. The van der Waals surface area contributed by atoms with Crippen LogP contribution in [0.3, 0.4) is 0 Å². The van der Waals surface area contributed by atoms with E-state index in [1.165, 1.54) is 12.1 Å². The fraction of sp³-hybridized carbons (Fsp3) is 0.600. The van der Waals surface area contributed by atoms with Crippen molar-refractivity contribution in [1.82, 2.24) is 5.32 Å². The summed E-state index contributed by atoms with van der Waals surface area (Å²) in [5.74, 6) is 0.230. The van der Waals surface area contributed by atoms with Crippen molar-refractivity contribution < 1.29 is 22.6 Å². The Morgan fingerprint density at radius 2 is 2.05 bits per heavy atom. The van der Waals surface area contributed by atoms with E-state index in [1.807, 2.05) is 13.8 Å². The quantitative estimate of drug-likeness (QED) is 0.708. The number of ether oxygens (including phenoxy) is 2. The Hall–Kier alpha value is -1.27. The van der Waals surface area contributed by atoms with Crippen molar-refractivity contribution >= 4 is 0 Å². The molecule has 1 unspecified atom stereocenters. The molecule has 0 aliphatic rings. The Morgan fingerprint density at radius 3 is 2.71 bits per heavy atom. The van der Waals surface area contributed by atoms with Gasteiger partial charge < -0.3 is 14.8 Å². The fourth-order valence-electron chi connectivity index (χ4n) is 1.77. The second-order valence-electron chi connectivity index (χ2n) is 4.71. The standard InChI is InChI=1S/C15H22F3NO2/c1-3-20-9-5-8-19-11-12(2)21-14-7-4-6-13(10-14)15(16,17)18/h4,6-7,10,12,19H,3,5,8-9,11H2,1-2H3. The number of nitrogens with one attached hydrogen (secondary N) is 1. The zero-order chi connectivity index (χ0) is 15.7. The molecule has 1 aromatic rings. The predicted molar refractivity (Wildman–Crippen MR) is 75.5 cm³/mol. The number of hydrogen-bond donors (Lipinski definition) is 1. The van der Waals surface area contributed by atoms with Crippen LogP contribution in [-0.2, 0) is 10.9 Å². The summed E-state index contributed by atoms with van der Waals surface area (Å²) in [4.78, 5) is 0. The van der Waals surface area contributed by atoms with E-state index in [0.717, 1.165) is 25.1 Å². The van der Waals surface area contributed by atoms with Gasteiger partial charge >= 0.3 is 6.18 Å². The number of alkyl halides is 3. The van der Waals surface area contributed by atoms with Gasteiger partial charge in [0, 0.05) is 19.8 Å². The molecule has 0 amide bonds. The lowest BCUT2D eigenvalue weighted by atomic mass is 10.2. The molecule has 0 aliphatic heterocycles. The molecule has 120 valence electrons. The summed E-state index contributed by atoms with van der Waals surface area (Å²) in [6.45, 7) is 6.52. The van der Waals surface area contributed by atoms with E-state index >= 15 is 0 Å². The molecule has 1 N–H and O–H groups in total. The molecule has 0 heterocycles. The van der Waals surface area contributed by atoms with Crippen LogP contribution in [0, 0.1) is 0 Å². The smallest absolute Gasteiger partial charge is 0.416 e. The lowest BCUT2D eigenvalue weighted by molar-refractivity contribution is -0.137. The highest BCUT2D eigenvalue weighted by molar-refractivity contribution is 5.30. The summed E-state index contributed by atoms with van der Waals surface area (Å²) in [5.41, 5.74) is -0.697.